The fraction of sp³-hybridized carbons (Fsp3) is 0.250. The van der Waals surface area contributed by atoms with Crippen LogP contribution in [-0.4, -0.2) is 0 Å². The van der Waals surface area contributed by atoms with Gasteiger partial charge in [-0.3, -0.25) is 0 Å². The summed E-state index contributed by atoms with van der Waals surface area (Å²) in [5.74, 6) is -0.252. The standard InChI is InChI=1S/C16H17BrFN/c1-11-6-3-4-8-13(11)16(2,19)10-12-7-5-9-14(18)15(12)17/h3-9H,10,19H2,1-2H3. The van der Waals surface area contributed by atoms with E-state index in [-0.39, 0.29) is 5.82 Å². The average molecular weight is 322 g/mol. The molecule has 0 fully saturated rings. The second kappa shape index (κ2) is 5.43. The molecule has 3 heteroatoms. The van der Waals surface area contributed by atoms with Crippen molar-refractivity contribution in [2.75, 3.05) is 0 Å². The fourth-order valence-corrected chi connectivity index (χ4v) is 2.79. The van der Waals surface area contributed by atoms with Crippen molar-refractivity contribution in [1.29, 1.82) is 0 Å². The molecule has 1 atom stereocenters. The van der Waals surface area contributed by atoms with Gasteiger partial charge in [-0.05, 0) is 59.0 Å². The summed E-state index contributed by atoms with van der Waals surface area (Å²) in [4.78, 5) is 0. The molecule has 1 nitrogen and oxygen atoms in total. The fourth-order valence-electron chi connectivity index (χ4n) is 2.39. The maximum absolute atomic E-state index is 13.5. The lowest BCUT2D eigenvalue weighted by atomic mass is 9.84. The highest BCUT2D eigenvalue weighted by Gasteiger charge is 2.24. The number of nitrogens with two attached hydrogens (primary N) is 1. The van der Waals surface area contributed by atoms with Gasteiger partial charge in [0.15, 0.2) is 0 Å². The maximum atomic E-state index is 13.5. The Kier molecular flexibility index (Phi) is 4.07. The zero-order valence-corrected chi connectivity index (χ0v) is 12.7. The quantitative estimate of drug-likeness (QED) is 0.895. The molecule has 0 aromatic heterocycles. The largest absolute Gasteiger partial charge is 0.321 e. The zero-order chi connectivity index (χ0) is 14.0. The first-order chi connectivity index (χ1) is 8.92. The van der Waals surface area contributed by atoms with Crippen LogP contribution in [0.25, 0.3) is 0 Å². The highest BCUT2D eigenvalue weighted by atomic mass is 79.9. The van der Waals surface area contributed by atoms with Gasteiger partial charge in [0.1, 0.15) is 5.82 Å². The van der Waals surface area contributed by atoms with Gasteiger partial charge in [-0.1, -0.05) is 36.4 Å². The van der Waals surface area contributed by atoms with Gasteiger partial charge in [0.05, 0.1) is 4.47 Å². The molecular formula is C16H17BrFN. The van der Waals surface area contributed by atoms with Crippen LogP contribution in [-0.2, 0) is 12.0 Å². The smallest absolute Gasteiger partial charge is 0.137 e. The predicted molar refractivity (Wildman–Crippen MR) is 80.5 cm³/mol. The van der Waals surface area contributed by atoms with Crippen molar-refractivity contribution in [3.05, 3.63) is 69.4 Å². The number of halogens is 2. The molecule has 0 spiro atoms. The summed E-state index contributed by atoms with van der Waals surface area (Å²) in [6.07, 6.45) is 0.580. The Bertz CT molecular complexity index is 593. The van der Waals surface area contributed by atoms with Crippen LogP contribution in [0.2, 0.25) is 0 Å². The number of rotatable bonds is 3. The van der Waals surface area contributed by atoms with E-state index in [0.717, 1.165) is 16.7 Å². The Hall–Kier alpha value is -1.19. The number of hydrogen-bond acceptors (Lipinski definition) is 1. The minimum Gasteiger partial charge on any atom is -0.321 e. The topological polar surface area (TPSA) is 26.0 Å². The molecule has 100 valence electrons. The van der Waals surface area contributed by atoms with Gasteiger partial charge in [0.2, 0.25) is 0 Å². The molecule has 0 aliphatic carbocycles. The summed E-state index contributed by atoms with van der Waals surface area (Å²) in [7, 11) is 0. The van der Waals surface area contributed by atoms with Crippen LogP contribution in [0.4, 0.5) is 4.39 Å². The third-order valence-electron chi connectivity index (χ3n) is 3.35. The van der Waals surface area contributed by atoms with Crippen molar-refractivity contribution in [2.24, 2.45) is 5.73 Å². The molecule has 0 aliphatic rings. The van der Waals surface area contributed by atoms with E-state index in [1.54, 1.807) is 6.07 Å². The Morgan fingerprint density at radius 3 is 2.53 bits per heavy atom. The van der Waals surface area contributed by atoms with Crippen molar-refractivity contribution in [3.63, 3.8) is 0 Å². The lowest BCUT2D eigenvalue weighted by molar-refractivity contribution is 0.485. The molecule has 2 aromatic carbocycles. The summed E-state index contributed by atoms with van der Waals surface area (Å²) >= 11 is 3.29. The number of hydrogen-bond donors (Lipinski definition) is 1. The van der Waals surface area contributed by atoms with Crippen LogP contribution < -0.4 is 5.73 Å². The molecule has 0 saturated heterocycles. The monoisotopic (exact) mass is 321 g/mol. The lowest BCUT2D eigenvalue weighted by Gasteiger charge is -2.27. The van der Waals surface area contributed by atoms with Crippen LogP contribution in [0.15, 0.2) is 46.9 Å². The van der Waals surface area contributed by atoms with Crippen molar-refractivity contribution < 1.29 is 4.39 Å². The summed E-state index contributed by atoms with van der Waals surface area (Å²) in [5.41, 5.74) is 9.04. The van der Waals surface area contributed by atoms with E-state index in [4.69, 9.17) is 5.73 Å². The minimum absolute atomic E-state index is 0.252. The lowest BCUT2D eigenvalue weighted by Crippen LogP contribution is -2.36. The normalized spacial score (nSPS) is 14.2. The first-order valence-electron chi connectivity index (χ1n) is 6.20. The Morgan fingerprint density at radius 1 is 1.16 bits per heavy atom. The van der Waals surface area contributed by atoms with E-state index < -0.39 is 5.54 Å². The molecular weight excluding hydrogens is 305 g/mol. The van der Waals surface area contributed by atoms with Gasteiger partial charge >= 0.3 is 0 Å². The van der Waals surface area contributed by atoms with Gasteiger partial charge in [0, 0.05) is 5.54 Å². The second-order valence-electron chi connectivity index (χ2n) is 5.12. The molecule has 1 unspecified atom stereocenters. The highest BCUT2D eigenvalue weighted by molar-refractivity contribution is 9.10. The molecule has 0 radical (unpaired) electrons. The molecule has 2 N–H and O–H groups in total. The highest BCUT2D eigenvalue weighted by Crippen LogP contribution is 2.29. The molecule has 19 heavy (non-hydrogen) atoms. The van der Waals surface area contributed by atoms with E-state index >= 15 is 0 Å². The van der Waals surface area contributed by atoms with Gasteiger partial charge < -0.3 is 5.73 Å². The second-order valence-corrected chi connectivity index (χ2v) is 5.92. The Morgan fingerprint density at radius 2 is 1.84 bits per heavy atom. The number of benzene rings is 2. The van der Waals surface area contributed by atoms with Crippen molar-refractivity contribution in [3.8, 4) is 0 Å². The molecule has 0 heterocycles. The minimum atomic E-state index is -0.526. The first kappa shape index (κ1) is 14.2. The van der Waals surface area contributed by atoms with Crippen molar-refractivity contribution >= 4 is 15.9 Å². The Balaban J connectivity index is 2.36. The van der Waals surface area contributed by atoms with Crippen LogP contribution in [0, 0.1) is 12.7 Å². The van der Waals surface area contributed by atoms with Gasteiger partial charge in [-0.2, -0.15) is 0 Å². The molecule has 0 bridgehead atoms. The van der Waals surface area contributed by atoms with E-state index in [0.29, 0.717) is 10.9 Å². The van der Waals surface area contributed by atoms with Gasteiger partial charge in [-0.15, -0.1) is 0 Å². The average Bonchev–Trinajstić information content (AvgIpc) is 2.35. The zero-order valence-electron chi connectivity index (χ0n) is 11.1. The van der Waals surface area contributed by atoms with Crippen LogP contribution in [0.5, 0.6) is 0 Å². The number of aryl methyl sites for hydroxylation is 1. The van der Waals surface area contributed by atoms with E-state index in [2.05, 4.69) is 15.9 Å². The van der Waals surface area contributed by atoms with Crippen LogP contribution in [0.3, 0.4) is 0 Å². The van der Waals surface area contributed by atoms with E-state index in [9.17, 15) is 4.39 Å². The molecule has 2 rings (SSSR count). The van der Waals surface area contributed by atoms with Gasteiger partial charge in [-0.25, -0.2) is 4.39 Å². The van der Waals surface area contributed by atoms with Crippen molar-refractivity contribution in [1.82, 2.24) is 0 Å². The maximum Gasteiger partial charge on any atom is 0.137 e. The Labute approximate surface area is 121 Å². The summed E-state index contributed by atoms with van der Waals surface area (Å²) in [6, 6.07) is 13.1. The predicted octanol–water partition coefficient (Wildman–Crippen LogP) is 4.31. The van der Waals surface area contributed by atoms with Crippen LogP contribution >= 0.6 is 15.9 Å². The SMILES string of the molecule is Cc1ccccc1C(C)(N)Cc1cccc(F)c1Br. The summed E-state index contributed by atoms with van der Waals surface area (Å²) in [6.45, 7) is 4.02. The molecule has 0 aliphatic heterocycles. The summed E-state index contributed by atoms with van der Waals surface area (Å²) < 4.78 is 14.0. The third kappa shape index (κ3) is 3.04. The molecule has 0 saturated carbocycles. The summed E-state index contributed by atoms with van der Waals surface area (Å²) in [5, 5.41) is 0. The first-order valence-corrected chi connectivity index (χ1v) is 6.99. The van der Waals surface area contributed by atoms with E-state index in [1.165, 1.54) is 6.07 Å². The van der Waals surface area contributed by atoms with Gasteiger partial charge in [0.25, 0.3) is 0 Å². The van der Waals surface area contributed by atoms with E-state index in [1.807, 2.05) is 44.2 Å². The van der Waals surface area contributed by atoms with Crippen LogP contribution in [0.1, 0.15) is 23.6 Å². The third-order valence-corrected chi connectivity index (χ3v) is 4.24. The molecule has 0 amide bonds. The van der Waals surface area contributed by atoms with Crippen molar-refractivity contribution in [2.45, 2.75) is 25.8 Å². The molecule has 2 aromatic rings.